The second-order valence-corrected chi connectivity index (χ2v) is 13.7. The van der Waals surface area contributed by atoms with Gasteiger partial charge in [0.15, 0.2) is 11.3 Å². The van der Waals surface area contributed by atoms with Gasteiger partial charge in [-0.2, -0.15) is 0 Å². The average Bonchev–Trinajstić information content (AvgIpc) is 3.14. The lowest BCUT2D eigenvalue weighted by atomic mass is 10.1. The van der Waals surface area contributed by atoms with Crippen LogP contribution in [0.5, 0.6) is 0 Å². The first-order valence-electron chi connectivity index (χ1n) is 18.4. The lowest BCUT2D eigenvalue weighted by Crippen LogP contribution is -2.43. The number of unbranched alkanes of at least 4 members (excludes halogenated alkanes) is 1. The van der Waals surface area contributed by atoms with E-state index < -0.39 is 6.04 Å². The first kappa shape index (κ1) is 36.6. The molecule has 2 aliphatic rings. The van der Waals surface area contributed by atoms with Gasteiger partial charge >= 0.3 is 5.82 Å². The zero-order chi connectivity index (χ0) is 36.3. The number of para-hydroxylation sites is 1. The SMILES string of the molecule is CC(=O)[C@H](CCN(CCCCc1ccc2c(n1)NCCC2)CCOC1=C/C(F)=C\C(C)CC=C1)Nc1c2ccccc2nc(-c2cccnc2)[n+]1O. The Labute approximate surface area is 305 Å². The molecule has 3 N–H and O–H groups in total. The van der Waals surface area contributed by atoms with Crippen molar-refractivity contribution in [2.45, 2.75) is 64.8 Å². The van der Waals surface area contributed by atoms with E-state index in [1.165, 1.54) is 11.6 Å². The van der Waals surface area contributed by atoms with Crippen LogP contribution in [-0.4, -0.2) is 69.7 Å². The summed E-state index contributed by atoms with van der Waals surface area (Å²) in [6.45, 7) is 6.88. The molecule has 11 heteroatoms. The predicted octanol–water partition coefficient (Wildman–Crippen LogP) is 7.01. The maximum Gasteiger partial charge on any atom is 0.309 e. The smallest absolute Gasteiger partial charge is 0.309 e. The van der Waals surface area contributed by atoms with Crippen LogP contribution in [-0.2, 0) is 22.4 Å². The van der Waals surface area contributed by atoms with Gasteiger partial charge in [-0.3, -0.25) is 20.0 Å². The minimum Gasteiger partial charge on any atom is -0.492 e. The number of fused-ring (bicyclic) bond motifs is 2. The van der Waals surface area contributed by atoms with Crippen LogP contribution in [0.15, 0.2) is 96.8 Å². The molecule has 1 unspecified atom stereocenters. The number of ether oxygens (including phenoxy) is 1. The number of aryl methyl sites for hydroxylation is 2. The highest BCUT2D eigenvalue weighted by molar-refractivity contribution is 5.91. The number of carbonyl (C=O) groups is 1. The van der Waals surface area contributed by atoms with Crippen LogP contribution in [0.1, 0.15) is 57.2 Å². The van der Waals surface area contributed by atoms with Crippen molar-refractivity contribution in [1.29, 1.82) is 0 Å². The number of nitrogens with zero attached hydrogens (tertiary/aromatic N) is 5. The lowest BCUT2D eigenvalue weighted by molar-refractivity contribution is -0.885. The fraction of sp³-hybridized carbons (Fsp3) is 0.390. The van der Waals surface area contributed by atoms with Crippen molar-refractivity contribution in [2.24, 2.45) is 5.92 Å². The van der Waals surface area contributed by atoms with Crippen molar-refractivity contribution in [2.75, 3.05) is 43.4 Å². The van der Waals surface area contributed by atoms with Gasteiger partial charge in [-0.05, 0) is 106 Å². The number of Topliss-reactive ketones (excluding diaryl/α,β-unsaturated/α-hetero) is 1. The molecule has 272 valence electrons. The van der Waals surface area contributed by atoms with E-state index in [1.807, 2.05) is 49.4 Å². The van der Waals surface area contributed by atoms with E-state index in [4.69, 9.17) is 14.7 Å². The predicted molar refractivity (Wildman–Crippen MR) is 202 cm³/mol. The summed E-state index contributed by atoms with van der Waals surface area (Å²) in [5.41, 5.74) is 3.70. The molecule has 3 aromatic heterocycles. The normalized spacial score (nSPS) is 17.3. The van der Waals surface area contributed by atoms with Crippen molar-refractivity contribution in [3.8, 4) is 11.4 Å². The molecule has 0 radical (unpaired) electrons. The van der Waals surface area contributed by atoms with E-state index >= 15 is 0 Å². The molecule has 0 bridgehead atoms. The van der Waals surface area contributed by atoms with Gasteiger partial charge in [0, 0.05) is 50.2 Å². The summed E-state index contributed by atoms with van der Waals surface area (Å²) in [6.07, 6.45) is 16.4. The molecule has 6 rings (SSSR count). The summed E-state index contributed by atoms with van der Waals surface area (Å²) in [5, 5.41) is 18.9. The number of nitrogens with one attached hydrogen (secondary N) is 2. The number of carbonyl (C=O) groups excluding carboxylic acids is 1. The molecule has 2 atom stereocenters. The van der Waals surface area contributed by atoms with Gasteiger partial charge in [0.1, 0.15) is 30.1 Å². The van der Waals surface area contributed by atoms with Crippen LogP contribution < -0.4 is 15.4 Å². The minimum atomic E-state index is -0.584. The topological polar surface area (TPSA) is 116 Å². The van der Waals surface area contributed by atoms with Gasteiger partial charge < -0.3 is 15.3 Å². The number of pyridine rings is 2. The highest BCUT2D eigenvalue weighted by Crippen LogP contribution is 2.25. The zero-order valence-electron chi connectivity index (χ0n) is 30.1. The van der Waals surface area contributed by atoms with Gasteiger partial charge in [-0.15, -0.1) is 0 Å². The summed E-state index contributed by atoms with van der Waals surface area (Å²) >= 11 is 0. The number of benzene rings is 1. The number of anilines is 2. The van der Waals surface area contributed by atoms with Gasteiger partial charge in [-0.25, -0.2) is 9.37 Å². The summed E-state index contributed by atoms with van der Waals surface area (Å²) < 4.78 is 21.5. The standard InChI is InChI=1S/C41H48FN7O3/c1-29-10-7-14-35(27-33(42)26-29)52-25-24-48(22-6-5-13-34-18-17-31-11-9-21-44-39(31)45-34)23-19-37(30(2)50)46-41-36-15-3-4-16-38(36)47-40(49(41)51)32-12-8-20-43-28-32/h3-4,7-8,12,14-18,20,26-29,37,51H,5-6,9-11,13,19,21-25H2,1-2H3,(H,44,45)/p+1/b14-7?,33-26+,35-27?/t29?,37-/m0/s1. The highest BCUT2D eigenvalue weighted by atomic mass is 19.1. The summed E-state index contributed by atoms with van der Waals surface area (Å²) in [5.74, 6) is 2.01. The molecular weight excluding hydrogens is 657 g/mol. The molecule has 1 aliphatic heterocycles. The molecule has 0 saturated carbocycles. The number of halogens is 1. The van der Waals surface area contributed by atoms with Crippen molar-refractivity contribution in [3.63, 3.8) is 0 Å². The Bertz CT molecular complexity index is 1930. The second kappa shape index (κ2) is 17.9. The summed E-state index contributed by atoms with van der Waals surface area (Å²) in [6, 6.07) is 14.9. The molecule has 10 nitrogen and oxygen atoms in total. The monoisotopic (exact) mass is 706 g/mol. The van der Waals surface area contributed by atoms with Gasteiger partial charge in [0.25, 0.3) is 5.82 Å². The fourth-order valence-electron chi connectivity index (χ4n) is 6.67. The zero-order valence-corrected chi connectivity index (χ0v) is 30.1. The van der Waals surface area contributed by atoms with Crippen molar-refractivity contribution < 1.29 is 23.9 Å². The van der Waals surface area contributed by atoms with Gasteiger partial charge in [-0.1, -0.05) is 40.9 Å². The Morgan fingerprint density at radius 1 is 1.13 bits per heavy atom. The highest BCUT2D eigenvalue weighted by Gasteiger charge is 2.27. The minimum absolute atomic E-state index is 0.0478. The number of allylic oxidation sites excluding steroid dienone is 5. The van der Waals surface area contributed by atoms with E-state index in [0.717, 1.165) is 67.9 Å². The Hall–Kier alpha value is -5.16. The maximum absolute atomic E-state index is 14.4. The van der Waals surface area contributed by atoms with Crippen molar-refractivity contribution >= 4 is 28.3 Å². The van der Waals surface area contributed by atoms with E-state index in [-0.39, 0.29) is 17.5 Å². The maximum atomic E-state index is 14.4. The largest absolute Gasteiger partial charge is 0.492 e. The van der Waals surface area contributed by atoms with Crippen LogP contribution in [0.3, 0.4) is 0 Å². The molecule has 4 aromatic rings. The second-order valence-electron chi connectivity index (χ2n) is 13.7. The van der Waals surface area contributed by atoms with Gasteiger partial charge in [0.2, 0.25) is 0 Å². The third-order valence-corrected chi connectivity index (χ3v) is 9.55. The van der Waals surface area contributed by atoms with Crippen LogP contribution in [0.4, 0.5) is 16.0 Å². The number of hydrogen-bond acceptors (Lipinski definition) is 9. The summed E-state index contributed by atoms with van der Waals surface area (Å²) in [7, 11) is 0. The van der Waals surface area contributed by atoms with Crippen molar-refractivity contribution in [1.82, 2.24) is 19.9 Å². The van der Waals surface area contributed by atoms with Gasteiger partial charge in [0.05, 0.1) is 10.9 Å². The molecule has 4 heterocycles. The number of ketones is 1. The van der Waals surface area contributed by atoms with E-state index in [2.05, 4.69) is 32.7 Å². The first-order valence-corrected chi connectivity index (χ1v) is 18.4. The third kappa shape index (κ3) is 9.79. The van der Waals surface area contributed by atoms with Crippen LogP contribution >= 0.6 is 0 Å². The Morgan fingerprint density at radius 2 is 2.02 bits per heavy atom. The Balaban J connectivity index is 1.14. The number of rotatable bonds is 16. The molecule has 0 saturated heterocycles. The first-order chi connectivity index (χ1) is 25.3. The van der Waals surface area contributed by atoms with Crippen LogP contribution in [0.2, 0.25) is 0 Å². The Kier molecular flexibility index (Phi) is 12.6. The number of aromatic nitrogens is 4. The number of hydrogen-bond donors (Lipinski definition) is 3. The van der Waals surface area contributed by atoms with Crippen LogP contribution in [0.25, 0.3) is 22.3 Å². The summed E-state index contributed by atoms with van der Waals surface area (Å²) in [4.78, 5) is 29.2. The molecule has 0 fully saturated rings. The molecule has 0 spiro atoms. The lowest BCUT2D eigenvalue weighted by Gasteiger charge is -2.25. The van der Waals surface area contributed by atoms with E-state index in [1.54, 1.807) is 31.5 Å². The molecule has 52 heavy (non-hydrogen) atoms. The average molecular weight is 707 g/mol. The van der Waals surface area contributed by atoms with Crippen molar-refractivity contribution in [3.05, 3.63) is 108 Å². The quantitative estimate of drug-likeness (QED) is 0.0643. The molecule has 1 aromatic carbocycles. The Morgan fingerprint density at radius 3 is 2.87 bits per heavy atom. The van der Waals surface area contributed by atoms with E-state index in [9.17, 15) is 14.4 Å². The van der Waals surface area contributed by atoms with Crippen LogP contribution in [0, 0.1) is 5.92 Å². The third-order valence-electron chi connectivity index (χ3n) is 9.55. The fourth-order valence-corrected chi connectivity index (χ4v) is 6.67. The molecular formula is C41H49FN7O3+. The van der Waals surface area contributed by atoms with E-state index in [0.29, 0.717) is 60.0 Å². The molecule has 1 aliphatic carbocycles. The molecule has 0 amide bonds.